The number of carbonyl (C=O) groups excluding carboxylic acids is 1. The van der Waals surface area contributed by atoms with Crippen molar-refractivity contribution in [1.29, 1.82) is 0 Å². The monoisotopic (exact) mass is 387 g/mol. The van der Waals surface area contributed by atoms with E-state index < -0.39 is 0 Å². The minimum absolute atomic E-state index is 0.0200. The van der Waals surface area contributed by atoms with E-state index in [1.165, 1.54) is 0 Å². The van der Waals surface area contributed by atoms with Gasteiger partial charge in [-0.05, 0) is 35.4 Å². The third-order valence-corrected chi connectivity index (χ3v) is 5.93. The predicted molar refractivity (Wildman–Crippen MR) is 103 cm³/mol. The quantitative estimate of drug-likeness (QED) is 0.873. The van der Waals surface area contributed by atoms with Gasteiger partial charge in [0.15, 0.2) is 0 Å². The fraction of sp³-hybridized carbons (Fsp3) is 0.381. The van der Waals surface area contributed by atoms with Crippen LogP contribution in [-0.2, 0) is 9.47 Å². The molecule has 0 saturated carbocycles. The summed E-state index contributed by atoms with van der Waals surface area (Å²) in [6.07, 6.45) is 0. The molecule has 142 valence electrons. The van der Waals surface area contributed by atoms with Gasteiger partial charge in [0, 0.05) is 37.1 Å². The fourth-order valence-electron chi connectivity index (χ4n) is 4.18. The molecule has 2 aliphatic heterocycles. The van der Waals surface area contributed by atoms with Crippen molar-refractivity contribution in [2.75, 3.05) is 40.0 Å². The Balaban J connectivity index is 1.57. The second kappa shape index (κ2) is 7.15. The van der Waals surface area contributed by atoms with Gasteiger partial charge in [0.25, 0.3) is 5.91 Å². The molecule has 2 heterocycles. The number of aromatic hydroxyl groups is 1. The maximum atomic E-state index is 13.1. The van der Waals surface area contributed by atoms with Crippen molar-refractivity contribution in [3.05, 3.63) is 53.1 Å². The number of phenols is 1. The minimum atomic E-state index is -0.0908. The number of hydrogen-bond acceptors (Lipinski definition) is 4. The van der Waals surface area contributed by atoms with Crippen LogP contribution in [0.4, 0.5) is 0 Å². The molecule has 2 aromatic rings. The standard InChI is InChI=1S/C21H22ClNO4/c1-26-12-21-11-23(9-17(21)10-27-13-21)20(25)16-4-2-3-14(7-16)15-5-6-19(24)18(22)8-15/h2-8,17,24H,9-13H2,1H3/t17-,21-/m0/s1. The highest BCUT2D eigenvalue weighted by Gasteiger charge is 2.51. The van der Waals surface area contributed by atoms with Gasteiger partial charge in [-0.15, -0.1) is 0 Å². The molecule has 6 heteroatoms. The number of benzene rings is 2. The smallest absolute Gasteiger partial charge is 0.253 e. The number of ether oxygens (including phenoxy) is 2. The van der Waals surface area contributed by atoms with E-state index in [0.717, 1.165) is 11.1 Å². The molecule has 2 atom stereocenters. The SMILES string of the molecule is COC[C@@]12COC[C@@H]1CN(C(=O)c1cccc(-c3ccc(O)c(Cl)c3)c1)C2. The van der Waals surface area contributed by atoms with Crippen molar-refractivity contribution in [2.45, 2.75) is 0 Å². The predicted octanol–water partition coefficient (Wildman–Crippen LogP) is 3.45. The van der Waals surface area contributed by atoms with Gasteiger partial charge in [0.05, 0.1) is 24.8 Å². The molecule has 2 aromatic carbocycles. The van der Waals surface area contributed by atoms with Crippen molar-refractivity contribution in [1.82, 2.24) is 4.90 Å². The summed E-state index contributed by atoms with van der Waals surface area (Å²) in [6, 6.07) is 12.6. The summed E-state index contributed by atoms with van der Waals surface area (Å²) in [5.41, 5.74) is 2.30. The highest BCUT2D eigenvalue weighted by molar-refractivity contribution is 6.32. The van der Waals surface area contributed by atoms with Crippen LogP contribution in [0.25, 0.3) is 11.1 Å². The normalized spacial score (nSPS) is 24.2. The summed E-state index contributed by atoms with van der Waals surface area (Å²) >= 11 is 6.02. The lowest BCUT2D eigenvalue weighted by molar-refractivity contribution is 0.0489. The Morgan fingerprint density at radius 2 is 2.15 bits per heavy atom. The number of nitrogens with zero attached hydrogens (tertiary/aromatic N) is 1. The third kappa shape index (κ3) is 3.31. The lowest BCUT2D eigenvalue weighted by atomic mass is 9.82. The fourth-order valence-corrected chi connectivity index (χ4v) is 4.36. The zero-order chi connectivity index (χ0) is 19.0. The van der Waals surface area contributed by atoms with Crippen molar-refractivity contribution in [3.63, 3.8) is 0 Å². The first-order valence-corrected chi connectivity index (χ1v) is 9.35. The van der Waals surface area contributed by atoms with Crippen LogP contribution < -0.4 is 0 Å². The number of hydrogen-bond donors (Lipinski definition) is 1. The first-order valence-electron chi connectivity index (χ1n) is 8.97. The molecule has 5 nitrogen and oxygen atoms in total. The zero-order valence-corrected chi connectivity index (χ0v) is 15.9. The van der Waals surface area contributed by atoms with Crippen molar-refractivity contribution in [2.24, 2.45) is 11.3 Å². The van der Waals surface area contributed by atoms with E-state index in [-0.39, 0.29) is 22.1 Å². The molecule has 0 spiro atoms. The van der Waals surface area contributed by atoms with E-state index in [2.05, 4.69) is 0 Å². The van der Waals surface area contributed by atoms with Gasteiger partial charge in [0.2, 0.25) is 0 Å². The Bertz CT molecular complexity index is 871. The molecule has 2 aliphatic rings. The van der Waals surface area contributed by atoms with Gasteiger partial charge in [-0.25, -0.2) is 0 Å². The van der Waals surface area contributed by atoms with Crippen LogP contribution >= 0.6 is 11.6 Å². The van der Waals surface area contributed by atoms with Crippen molar-refractivity contribution >= 4 is 17.5 Å². The molecule has 1 amide bonds. The Morgan fingerprint density at radius 3 is 2.93 bits per heavy atom. The molecule has 2 fully saturated rings. The van der Waals surface area contributed by atoms with E-state index in [4.69, 9.17) is 21.1 Å². The molecule has 0 aliphatic carbocycles. The van der Waals surface area contributed by atoms with E-state index in [0.29, 0.717) is 44.4 Å². The number of methoxy groups -OCH3 is 1. The first kappa shape index (κ1) is 18.3. The Labute approximate surface area is 163 Å². The van der Waals surface area contributed by atoms with E-state index in [9.17, 15) is 9.90 Å². The number of amides is 1. The molecule has 0 aromatic heterocycles. The van der Waals surface area contributed by atoms with Gasteiger partial charge >= 0.3 is 0 Å². The summed E-state index contributed by atoms with van der Waals surface area (Å²) in [5, 5.41) is 9.90. The van der Waals surface area contributed by atoms with Gasteiger partial charge in [-0.3, -0.25) is 4.79 Å². The second-order valence-electron chi connectivity index (χ2n) is 7.44. The molecule has 4 rings (SSSR count). The number of carbonyl (C=O) groups is 1. The molecule has 0 unspecified atom stereocenters. The maximum absolute atomic E-state index is 13.1. The average Bonchev–Trinajstić information content (AvgIpc) is 3.21. The van der Waals surface area contributed by atoms with Crippen molar-refractivity contribution < 1.29 is 19.4 Å². The minimum Gasteiger partial charge on any atom is -0.506 e. The topological polar surface area (TPSA) is 59.0 Å². The number of phenolic OH excluding ortho intramolecular Hbond substituents is 1. The number of halogens is 1. The summed E-state index contributed by atoms with van der Waals surface area (Å²) in [6.45, 7) is 3.27. The van der Waals surface area contributed by atoms with Crippen LogP contribution in [-0.4, -0.2) is 55.9 Å². The molecule has 0 bridgehead atoms. The number of rotatable bonds is 4. The largest absolute Gasteiger partial charge is 0.506 e. The van der Waals surface area contributed by atoms with E-state index >= 15 is 0 Å². The zero-order valence-electron chi connectivity index (χ0n) is 15.2. The molecule has 1 N–H and O–H groups in total. The molecule has 27 heavy (non-hydrogen) atoms. The highest BCUT2D eigenvalue weighted by atomic mass is 35.5. The van der Waals surface area contributed by atoms with Gasteiger partial charge < -0.3 is 19.5 Å². The Kier molecular flexibility index (Phi) is 4.84. The average molecular weight is 388 g/mol. The van der Waals surface area contributed by atoms with Gasteiger partial charge in [0.1, 0.15) is 5.75 Å². The van der Waals surface area contributed by atoms with Crippen LogP contribution in [0.1, 0.15) is 10.4 Å². The Hall–Kier alpha value is -2.08. The summed E-state index contributed by atoms with van der Waals surface area (Å²) in [7, 11) is 1.70. The van der Waals surface area contributed by atoms with Crippen molar-refractivity contribution in [3.8, 4) is 16.9 Å². The molecular formula is C21H22ClNO4. The second-order valence-corrected chi connectivity index (χ2v) is 7.85. The summed E-state index contributed by atoms with van der Waals surface area (Å²) in [4.78, 5) is 15.0. The highest BCUT2D eigenvalue weighted by Crippen LogP contribution is 2.42. The molecule has 2 saturated heterocycles. The maximum Gasteiger partial charge on any atom is 0.253 e. The number of likely N-dealkylation sites (tertiary alicyclic amines) is 1. The third-order valence-electron chi connectivity index (χ3n) is 5.63. The summed E-state index contributed by atoms with van der Waals surface area (Å²) < 4.78 is 11.1. The van der Waals surface area contributed by atoms with Gasteiger partial charge in [-0.1, -0.05) is 29.8 Å². The van der Waals surface area contributed by atoms with Crippen LogP contribution in [0, 0.1) is 11.3 Å². The van der Waals surface area contributed by atoms with Crippen LogP contribution in [0.15, 0.2) is 42.5 Å². The van der Waals surface area contributed by atoms with E-state index in [1.54, 1.807) is 25.3 Å². The summed E-state index contributed by atoms with van der Waals surface area (Å²) in [5.74, 6) is 0.383. The van der Waals surface area contributed by atoms with Crippen LogP contribution in [0.2, 0.25) is 5.02 Å². The van der Waals surface area contributed by atoms with Gasteiger partial charge in [-0.2, -0.15) is 0 Å². The lowest BCUT2D eigenvalue weighted by Crippen LogP contribution is -2.37. The lowest BCUT2D eigenvalue weighted by Gasteiger charge is -2.26. The van der Waals surface area contributed by atoms with E-state index in [1.807, 2.05) is 29.2 Å². The van der Waals surface area contributed by atoms with Crippen LogP contribution in [0.5, 0.6) is 5.75 Å². The number of fused-ring (bicyclic) bond motifs is 1. The first-order chi connectivity index (χ1) is 13.0. The molecule has 0 radical (unpaired) electrons. The Morgan fingerprint density at radius 1 is 1.33 bits per heavy atom. The van der Waals surface area contributed by atoms with Crippen LogP contribution in [0.3, 0.4) is 0 Å². The molecular weight excluding hydrogens is 366 g/mol.